The second-order valence-electron chi connectivity index (χ2n) is 5.02. The molecule has 0 unspecified atom stereocenters. The summed E-state index contributed by atoms with van der Waals surface area (Å²) in [7, 11) is 0. The predicted molar refractivity (Wildman–Crippen MR) is 87.9 cm³/mol. The fourth-order valence-corrected chi connectivity index (χ4v) is 2.01. The van der Waals surface area contributed by atoms with E-state index < -0.39 is 23.2 Å². The molecule has 0 atom stereocenters. The molecule has 0 saturated heterocycles. The van der Waals surface area contributed by atoms with E-state index in [1.165, 1.54) is 18.5 Å². The van der Waals surface area contributed by atoms with Gasteiger partial charge < -0.3 is 10.6 Å². The van der Waals surface area contributed by atoms with Gasteiger partial charge in [-0.1, -0.05) is 12.1 Å². The summed E-state index contributed by atoms with van der Waals surface area (Å²) in [6.07, 6.45) is 4.21. The fraction of sp³-hybridized carbons (Fsp3) is 0.0588. The molecule has 0 bridgehead atoms. The van der Waals surface area contributed by atoms with E-state index in [4.69, 9.17) is 0 Å². The van der Waals surface area contributed by atoms with E-state index in [1.807, 2.05) is 18.2 Å². The van der Waals surface area contributed by atoms with Gasteiger partial charge in [-0.3, -0.25) is 9.78 Å². The molecule has 2 aromatic heterocycles. The van der Waals surface area contributed by atoms with Gasteiger partial charge in [0.2, 0.25) is 5.95 Å². The maximum absolute atomic E-state index is 13.6. The molecule has 0 fully saturated rings. The van der Waals surface area contributed by atoms with Gasteiger partial charge in [0.25, 0.3) is 5.91 Å². The Balaban J connectivity index is 1.64. The lowest BCUT2D eigenvalue weighted by Crippen LogP contribution is -2.15. The van der Waals surface area contributed by atoms with Gasteiger partial charge >= 0.3 is 0 Å². The largest absolute Gasteiger partial charge is 0.349 e. The van der Waals surface area contributed by atoms with Crippen LogP contribution in [0.15, 0.2) is 55.0 Å². The van der Waals surface area contributed by atoms with Crippen molar-refractivity contribution in [1.29, 1.82) is 0 Å². The number of anilines is 2. The number of halogens is 2. The minimum atomic E-state index is -0.858. The van der Waals surface area contributed by atoms with Crippen molar-refractivity contribution in [1.82, 2.24) is 15.0 Å². The van der Waals surface area contributed by atoms with Crippen LogP contribution in [0.5, 0.6) is 0 Å². The van der Waals surface area contributed by atoms with E-state index in [0.717, 1.165) is 17.8 Å². The minimum absolute atomic E-state index is 0.0750. The SMILES string of the molecule is O=C(Nc1c(F)cccc1F)c1cnc(NCc2ccccn2)nc1. The number of para-hydroxylation sites is 1. The standard InChI is InChI=1S/C17H13F2N5O/c18-13-5-3-6-14(19)15(13)24-16(25)11-8-21-17(22-9-11)23-10-12-4-1-2-7-20-12/h1-9H,10H2,(H,24,25)(H,21,22,23). The van der Waals surface area contributed by atoms with Crippen LogP contribution >= 0.6 is 0 Å². The molecule has 6 nitrogen and oxygen atoms in total. The molecule has 126 valence electrons. The highest BCUT2D eigenvalue weighted by Crippen LogP contribution is 2.18. The summed E-state index contributed by atoms with van der Waals surface area (Å²) >= 11 is 0. The molecule has 25 heavy (non-hydrogen) atoms. The molecule has 0 aliphatic heterocycles. The average molecular weight is 341 g/mol. The number of rotatable bonds is 5. The number of hydrogen-bond donors (Lipinski definition) is 2. The first kappa shape index (κ1) is 16.4. The van der Waals surface area contributed by atoms with Crippen molar-refractivity contribution >= 4 is 17.5 Å². The first-order chi connectivity index (χ1) is 12.1. The zero-order chi connectivity index (χ0) is 17.6. The molecule has 0 spiro atoms. The number of carbonyl (C=O) groups is 1. The highest BCUT2D eigenvalue weighted by atomic mass is 19.1. The lowest BCUT2D eigenvalue weighted by atomic mass is 10.2. The summed E-state index contributed by atoms with van der Waals surface area (Å²) < 4.78 is 27.1. The predicted octanol–water partition coefficient (Wildman–Crippen LogP) is 3.01. The third-order valence-electron chi connectivity index (χ3n) is 3.27. The van der Waals surface area contributed by atoms with Gasteiger partial charge in [0.15, 0.2) is 0 Å². The number of aromatic nitrogens is 3. The van der Waals surface area contributed by atoms with Crippen molar-refractivity contribution in [3.8, 4) is 0 Å². The van der Waals surface area contributed by atoms with Crippen LogP contribution in [0.25, 0.3) is 0 Å². The molecule has 0 saturated carbocycles. The molecule has 1 amide bonds. The van der Waals surface area contributed by atoms with Crippen molar-refractivity contribution in [3.63, 3.8) is 0 Å². The van der Waals surface area contributed by atoms with Crippen molar-refractivity contribution in [2.75, 3.05) is 10.6 Å². The second kappa shape index (κ2) is 7.43. The Morgan fingerprint density at radius 1 is 0.960 bits per heavy atom. The van der Waals surface area contributed by atoms with E-state index in [2.05, 4.69) is 25.6 Å². The number of hydrogen-bond acceptors (Lipinski definition) is 5. The maximum Gasteiger partial charge on any atom is 0.258 e. The third kappa shape index (κ3) is 4.11. The number of amides is 1. The van der Waals surface area contributed by atoms with Crippen LogP contribution in [0.2, 0.25) is 0 Å². The van der Waals surface area contributed by atoms with E-state index in [0.29, 0.717) is 12.5 Å². The quantitative estimate of drug-likeness (QED) is 0.746. The summed E-state index contributed by atoms with van der Waals surface area (Å²) in [6.45, 7) is 0.423. The monoisotopic (exact) mass is 341 g/mol. The molecule has 3 rings (SSSR count). The van der Waals surface area contributed by atoms with E-state index >= 15 is 0 Å². The minimum Gasteiger partial charge on any atom is -0.349 e. The highest BCUT2D eigenvalue weighted by Gasteiger charge is 2.14. The molecular weight excluding hydrogens is 328 g/mol. The smallest absolute Gasteiger partial charge is 0.258 e. The van der Waals surface area contributed by atoms with Gasteiger partial charge in [0.1, 0.15) is 17.3 Å². The Bertz CT molecular complexity index is 852. The maximum atomic E-state index is 13.6. The second-order valence-corrected chi connectivity index (χ2v) is 5.02. The molecule has 0 aliphatic carbocycles. The average Bonchev–Trinajstić information content (AvgIpc) is 2.64. The van der Waals surface area contributed by atoms with Crippen LogP contribution in [-0.4, -0.2) is 20.9 Å². The van der Waals surface area contributed by atoms with Crippen molar-refractivity contribution in [3.05, 3.63) is 77.9 Å². The van der Waals surface area contributed by atoms with Crippen molar-refractivity contribution < 1.29 is 13.6 Å². The topological polar surface area (TPSA) is 79.8 Å². The van der Waals surface area contributed by atoms with Crippen LogP contribution in [0, 0.1) is 11.6 Å². The number of pyridine rings is 1. The van der Waals surface area contributed by atoms with E-state index in [9.17, 15) is 13.6 Å². The van der Waals surface area contributed by atoms with Gasteiger partial charge in [-0.25, -0.2) is 18.7 Å². The summed E-state index contributed by atoms with van der Waals surface area (Å²) in [4.78, 5) is 24.2. The summed E-state index contributed by atoms with van der Waals surface area (Å²) in [5.74, 6) is -2.12. The summed E-state index contributed by atoms with van der Waals surface area (Å²) in [5.41, 5.74) is 0.374. The molecule has 0 aliphatic rings. The van der Waals surface area contributed by atoms with Crippen LogP contribution in [0.3, 0.4) is 0 Å². The highest BCUT2D eigenvalue weighted by molar-refractivity contribution is 6.04. The Labute approximate surface area is 142 Å². The Kier molecular flexibility index (Phi) is 4.89. The molecule has 2 N–H and O–H groups in total. The van der Waals surface area contributed by atoms with E-state index in [-0.39, 0.29) is 5.56 Å². The molecule has 0 radical (unpaired) electrons. The molecule has 8 heteroatoms. The van der Waals surface area contributed by atoms with Gasteiger partial charge in [-0.15, -0.1) is 0 Å². The molecule has 3 aromatic rings. The van der Waals surface area contributed by atoms with Crippen LogP contribution < -0.4 is 10.6 Å². The zero-order valence-corrected chi connectivity index (χ0v) is 12.9. The number of carbonyl (C=O) groups excluding carboxylic acids is 1. The summed E-state index contributed by atoms with van der Waals surface area (Å²) in [6, 6.07) is 8.84. The first-order valence-electron chi connectivity index (χ1n) is 7.34. The van der Waals surface area contributed by atoms with E-state index in [1.54, 1.807) is 6.20 Å². The lowest BCUT2D eigenvalue weighted by molar-refractivity contribution is 0.102. The van der Waals surface area contributed by atoms with Crippen molar-refractivity contribution in [2.24, 2.45) is 0 Å². The molecule has 1 aromatic carbocycles. The lowest BCUT2D eigenvalue weighted by Gasteiger charge is -2.08. The fourth-order valence-electron chi connectivity index (χ4n) is 2.01. The van der Waals surface area contributed by atoms with Gasteiger partial charge in [-0.05, 0) is 24.3 Å². The Morgan fingerprint density at radius 2 is 1.68 bits per heavy atom. The molecular formula is C17H13F2N5O. The van der Waals surface area contributed by atoms with Gasteiger partial charge in [-0.2, -0.15) is 0 Å². The Morgan fingerprint density at radius 3 is 2.32 bits per heavy atom. The van der Waals surface area contributed by atoms with Gasteiger partial charge in [0, 0.05) is 18.6 Å². The normalized spacial score (nSPS) is 10.3. The molecule has 2 heterocycles. The number of nitrogens with zero attached hydrogens (tertiary/aromatic N) is 3. The Hall–Kier alpha value is -3.42. The zero-order valence-electron chi connectivity index (χ0n) is 12.9. The number of benzene rings is 1. The van der Waals surface area contributed by atoms with Crippen LogP contribution in [0.1, 0.15) is 16.1 Å². The van der Waals surface area contributed by atoms with Crippen LogP contribution in [0.4, 0.5) is 20.4 Å². The van der Waals surface area contributed by atoms with Gasteiger partial charge in [0.05, 0.1) is 17.8 Å². The first-order valence-corrected chi connectivity index (χ1v) is 7.34. The number of nitrogens with one attached hydrogen (secondary N) is 2. The summed E-state index contributed by atoms with van der Waals surface area (Å²) in [5, 5.41) is 5.13. The third-order valence-corrected chi connectivity index (χ3v) is 3.27. The van der Waals surface area contributed by atoms with Crippen LogP contribution in [-0.2, 0) is 6.54 Å². The van der Waals surface area contributed by atoms with Crippen molar-refractivity contribution in [2.45, 2.75) is 6.54 Å².